The Morgan fingerprint density at radius 3 is 2.78 bits per heavy atom. The molecule has 0 bridgehead atoms. The molecule has 190 valence electrons. The SMILES string of the molecule is C=CC(Cc1ccccc1)N1CC[C@@H](CCCc2ccnc3ccc(OC)cc23)[C@@H](CCC(=O)O)C1. The molecule has 4 rings (SSSR count). The fraction of sp³-hybridized carbons (Fsp3) is 0.419. The number of aromatic nitrogens is 1. The second-order valence-corrected chi connectivity index (χ2v) is 9.97. The van der Waals surface area contributed by atoms with Crippen LogP contribution >= 0.6 is 0 Å². The van der Waals surface area contributed by atoms with E-state index in [1.54, 1.807) is 7.11 Å². The highest BCUT2D eigenvalue weighted by atomic mass is 16.5. The van der Waals surface area contributed by atoms with Gasteiger partial charge in [-0.05, 0) is 92.3 Å². The minimum absolute atomic E-state index is 0.237. The lowest BCUT2D eigenvalue weighted by Gasteiger charge is -2.42. The van der Waals surface area contributed by atoms with Gasteiger partial charge in [-0.25, -0.2) is 0 Å². The Balaban J connectivity index is 1.40. The Morgan fingerprint density at radius 1 is 1.19 bits per heavy atom. The highest BCUT2D eigenvalue weighted by Crippen LogP contribution is 2.33. The van der Waals surface area contributed by atoms with Gasteiger partial charge < -0.3 is 9.84 Å². The monoisotopic (exact) mass is 486 g/mol. The van der Waals surface area contributed by atoms with E-state index in [9.17, 15) is 9.90 Å². The van der Waals surface area contributed by atoms with Gasteiger partial charge in [0, 0.05) is 30.6 Å². The summed E-state index contributed by atoms with van der Waals surface area (Å²) in [6, 6.07) is 19.0. The Bertz CT molecular complexity index is 1150. The number of fused-ring (bicyclic) bond motifs is 1. The number of piperidine rings is 1. The van der Waals surface area contributed by atoms with Gasteiger partial charge in [0.15, 0.2) is 0 Å². The number of aryl methyl sites for hydroxylation is 1. The van der Waals surface area contributed by atoms with Crippen molar-refractivity contribution in [2.45, 2.75) is 51.0 Å². The number of pyridine rings is 1. The lowest BCUT2D eigenvalue weighted by Crippen LogP contribution is -2.46. The maximum Gasteiger partial charge on any atom is 0.303 e. The van der Waals surface area contributed by atoms with Crippen molar-refractivity contribution in [3.63, 3.8) is 0 Å². The highest BCUT2D eigenvalue weighted by Gasteiger charge is 2.31. The Hall–Kier alpha value is -3.18. The molecule has 5 heteroatoms. The van der Waals surface area contributed by atoms with Gasteiger partial charge in [-0.15, -0.1) is 6.58 Å². The molecule has 3 aromatic rings. The first-order valence-electron chi connectivity index (χ1n) is 13.1. The van der Waals surface area contributed by atoms with Crippen LogP contribution in [0.1, 0.15) is 43.2 Å². The summed E-state index contributed by atoms with van der Waals surface area (Å²) < 4.78 is 5.43. The molecular weight excluding hydrogens is 448 g/mol. The Labute approximate surface area is 214 Å². The lowest BCUT2D eigenvalue weighted by molar-refractivity contribution is -0.137. The summed E-state index contributed by atoms with van der Waals surface area (Å²) in [6.45, 7) is 6.10. The molecule has 3 atom stereocenters. The van der Waals surface area contributed by atoms with Gasteiger partial charge in [-0.1, -0.05) is 36.4 Å². The molecule has 0 spiro atoms. The zero-order valence-corrected chi connectivity index (χ0v) is 21.3. The molecule has 0 amide bonds. The normalized spacial score (nSPS) is 19.1. The van der Waals surface area contributed by atoms with E-state index in [1.807, 2.05) is 24.4 Å². The number of aliphatic carboxylic acids is 1. The van der Waals surface area contributed by atoms with Crippen molar-refractivity contribution in [1.82, 2.24) is 9.88 Å². The fourth-order valence-electron chi connectivity index (χ4n) is 5.73. The van der Waals surface area contributed by atoms with E-state index in [1.165, 1.54) is 11.1 Å². The van der Waals surface area contributed by atoms with Crippen molar-refractivity contribution in [2.75, 3.05) is 20.2 Å². The van der Waals surface area contributed by atoms with Crippen LogP contribution in [0.15, 0.2) is 73.4 Å². The molecule has 1 aliphatic heterocycles. The number of carbonyl (C=O) groups is 1. The van der Waals surface area contributed by atoms with Crippen molar-refractivity contribution in [3.05, 3.63) is 84.6 Å². The largest absolute Gasteiger partial charge is 0.497 e. The first-order chi connectivity index (χ1) is 17.6. The molecule has 36 heavy (non-hydrogen) atoms. The van der Waals surface area contributed by atoms with Crippen molar-refractivity contribution in [3.8, 4) is 5.75 Å². The van der Waals surface area contributed by atoms with Crippen LogP contribution in [0.25, 0.3) is 10.9 Å². The van der Waals surface area contributed by atoms with E-state index in [0.29, 0.717) is 11.8 Å². The third-order valence-electron chi connectivity index (χ3n) is 7.74. The zero-order valence-electron chi connectivity index (χ0n) is 21.3. The van der Waals surface area contributed by atoms with Crippen LogP contribution in [-0.2, 0) is 17.6 Å². The second kappa shape index (κ2) is 12.7. The maximum atomic E-state index is 11.4. The zero-order chi connectivity index (χ0) is 25.3. The van der Waals surface area contributed by atoms with Crippen molar-refractivity contribution < 1.29 is 14.6 Å². The van der Waals surface area contributed by atoms with E-state index < -0.39 is 5.97 Å². The van der Waals surface area contributed by atoms with Crippen LogP contribution in [-0.4, -0.2) is 47.2 Å². The highest BCUT2D eigenvalue weighted by molar-refractivity contribution is 5.83. The van der Waals surface area contributed by atoms with Gasteiger partial charge >= 0.3 is 5.97 Å². The molecule has 1 unspecified atom stereocenters. The van der Waals surface area contributed by atoms with Crippen molar-refractivity contribution in [1.29, 1.82) is 0 Å². The molecule has 1 saturated heterocycles. The first kappa shape index (κ1) is 25.9. The molecule has 1 N–H and O–H groups in total. The maximum absolute atomic E-state index is 11.4. The smallest absolute Gasteiger partial charge is 0.303 e. The number of carboxylic acids is 1. The lowest BCUT2D eigenvalue weighted by atomic mass is 9.78. The minimum atomic E-state index is -0.701. The predicted molar refractivity (Wildman–Crippen MR) is 145 cm³/mol. The van der Waals surface area contributed by atoms with Crippen molar-refractivity contribution >= 4 is 16.9 Å². The number of likely N-dealkylation sites (tertiary alicyclic amines) is 1. The van der Waals surface area contributed by atoms with Crippen LogP contribution in [0.4, 0.5) is 0 Å². The third kappa shape index (κ3) is 6.73. The van der Waals surface area contributed by atoms with Crippen LogP contribution in [0.2, 0.25) is 0 Å². The van der Waals surface area contributed by atoms with Gasteiger partial charge in [0.05, 0.1) is 12.6 Å². The van der Waals surface area contributed by atoms with Crippen LogP contribution in [0.3, 0.4) is 0 Å². The van der Waals surface area contributed by atoms with Gasteiger partial charge in [0.25, 0.3) is 0 Å². The number of rotatable bonds is 12. The summed E-state index contributed by atoms with van der Waals surface area (Å²) in [5.41, 5.74) is 3.61. The average Bonchev–Trinajstić information content (AvgIpc) is 2.91. The fourth-order valence-corrected chi connectivity index (χ4v) is 5.73. The summed E-state index contributed by atoms with van der Waals surface area (Å²) in [5.74, 6) is 1.09. The molecule has 0 saturated carbocycles. The molecule has 1 fully saturated rings. The summed E-state index contributed by atoms with van der Waals surface area (Å²) in [6.07, 6.45) is 10.2. The van der Waals surface area contributed by atoms with Crippen molar-refractivity contribution in [2.24, 2.45) is 11.8 Å². The predicted octanol–water partition coefficient (Wildman–Crippen LogP) is 6.17. The summed E-state index contributed by atoms with van der Waals surface area (Å²) in [7, 11) is 1.69. The summed E-state index contributed by atoms with van der Waals surface area (Å²) in [5, 5.41) is 10.5. The molecule has 2 heterocycles. The molecule has 5 nitrogen and oxygen atoms in total. The molecule has 0 aliphatic carbocycles. The number of hydrogen-bond donors (Lipinski definition) is 1. The van der Waals surface area contributed by atoms with E-state index in [-0.39, 0.29) is 12.5 Å². The van der Waals surface area contributed by atoms with E-state index in [2.05, 4.69) is 58.9 Å². The molecular formula is C31H38N2O3. The van der Waals surface area contributed by atoms with Gasteiger partial charge in [-0.3, -0.25) is 14.7 Å². The quantitative estimate of drug-likeness (QED) is 0.310. The standard InChI is InChI=1S/C31H38N2O3/c1-3-27(20-23-8-5-4-6-9-23)33-19-17-24(26(22-33)12-15-31(34)35)10-7-11-25-16-18-32-30-14-13-28(36-2)21-29(25)30/h3-6,8-9,13-14,16,18,21,24,26-27H,1,7,10-12,15,17,19-20,22H2,2H3,(H,34,35)/t24-,26+,27?/m1/s1. The van der Waals surface area contributed by atoms with E-state index >= 15 is 0 Å². The molecule has 0 radical (unpaired) electrons. The molecule has 1 aliphatic rings. The second-order valence-electron chi connectivity index (χ2n) is 9.97. The Kier molecular flexibility index (Phi) is 9.12. The van der Waals surface area contributed by atoms with E-state index in [4.69, 9.17) is 4.74 Å². The topological polar surface area (TPSA) is 62.7 Å². The number of benzene rings is 2. The van der Waals surface area contributed by atoms with Crippen LogP contribution in [0, 0.1) is 11.8 Å². The third-order valence-corrected chi connectivity index (χ3v) is 7.74. The number of ether oxygens (including phenoxy) is 1. The average molecular weight is 487 g/mol. The van der Waals surface area contributed by atoms with Crippen LogP contribution in [0.5, 0.6) is 5.75 Å². The minimum Gasteiger partial charge on any atom is -0.497 e. The first-order valence-corrected chi connectivity index (χ1v) is 13.1. The van der Waals surface area contributed by atoms with Gasteiger partial charge in [-0.2, -0.15) is 0 Å². The van der Waals surface area contributed by atoms with E-state index in [0.717, 1.165) is 68.3 Å². The number of hydrogen-bond acceptors (Lipinski definition) is 4. The Morgan fingerprint density at radius 2 is 2.03 bits per heavy atom. The number of carboxylic acid groups (broad SMARTS) is 1. The molecule has 2 aromatic carbocycles. The molecule has 1 aromatic heterocycles. The number of methoxy groups -OCH3 is 1. The summed E-state index contributed by atoms with van der Waals surface area (Å²) in [4.78, 5) is 18.4. The summed E-state index contributed by atoms with van der Waals surface area (Å²) >= 11 is 0. The number of nitrogens with zero attached hydrogens (tertiary/aromatic N) is 2. The van der Waals surface area contributed by atoms with Crippen LogP contribution < -0.4 is 4.74 Å². The van der Waals surface area contributed by atoms with Gasteiger partial charge in [0.2, 0.25) is 0 Å². The van der Waals surface area contributed by atoms with Gasteiger partial charge in [0.1, 0.15) is 5.75 Å².